The summed E-state index contributed by atoms with van der Waals surface area (Å²) in [5.74, 6) is -0.00106. The smallest absolute Gasteiger partial charge is 0.413 e. The number of ether oxygens (including phenoxy) is 1. The van der Waals surface area contributed by atoms with Crippen LogP contribution >= 0.6 is 0 Å². The van der Waals surface area contributed by atoms with Crippen molar-refractivity contribution in [2.45, 2.75) is 51.0 Å². The molecule has 4 rings (SSSR count). The van der Waals surface area contributed by atoms with E-state index in [9.17, 15) is 14.0 Å². The molecular formula is C19H20FNO3. The summed E-state index contributed by atoms with van der Waals surface area (Å²) in [4.78, 5) is 24.9. The van der Waals surface area contributed by atoms with Crippen LogP contribution < -0.4 is 5.32 Å². The van der Waals surface area contributed by atoms with Crippen LogP contribution in [0, 0.1) is 11.2 Å². The van der Waals surface area contributed by atoms with Crippen LogP contribution in [0.4, 0.5) is 9.18 Å². The van der Waals surface area contributed by atoms with E-state index in [1.807, 2.05) is 0 Å². The quantitative estimate of drug-likeness (QED) is 0.841. The number of carbonyl (C=O) groups excluding carboxylic acids is 2. The molecular weight excluding hydrogens is 309 g/mol. The van der Waals surface area contributed by atoms with E-state index >= 15 is 0 Å². The van der Waals surface area contributed by atoms with Crippen LogP contribution in [0.3, 0.4) is 0 Å². The van der Waals surface area contributed by atoms with Crippen molar-refractivity contribution in [3.8, 4) is 0 Å². The van der Waals surface area contributed by atoms with Crippen molar-refractivity contribution in [2.24, 2.45) is 5.41 Å². The lowest BCUT2D eigenvalue weighted by molar-refractivity contribution is -0.120. The number of alkyl carbamates (subject to hydrolysis) is 1. The summed E-state index contributed by atoms with van der Waals surface area (Å²) in [7, 11) is 0. The summed E-state index contributed by atoms with van der Waals surface area (Å²) in [5.41, 5.74) is 0.663. The Bertz CT molecular complexity index is 734. The lowest BCUT2D eigenvalue weighted by Gasteiger charge is -2.43. The van der Waals surface area contributed by atoms with Gasteiger partial charge in [-0.15, -0.1) is 0 Å². The number of benzene rings is 1. The van der Waals surface area contributed by atoms with Crippen LogP contribution in [0.1, 0.15) is 56.6 Å². The molecule has 0 aromatic heterocycles. The minimum atomic E-state index is -0.754. The third kappa shape index (κ3) is 2.52. The SMILES string of the molecule is O=C1NC(c2ccccc2F)C2=C(CC3(CCCCC3)CC2=O)O1. The number of nitrogens with one attached hydrogen (secondary N) is 1. The molecule has 1 amide bonds. The summed E-state index contributed by atoms with van der Waals surface area (Å²) < 4.78 is 19.6. The normalized spacial score (nSPS) is 26.0. The number of Topliss-reactive ketones (excluding diaryl/α,β-unsaturated/α-hetero) is 1. The maximum absolute atomic E-state index is 14.2. The largest absolute Gasteiger partial charge is 0.414 e. The number of carbonyl (C=O) groups is 2. The monoisotopic (exact) mass is 329 g/mol. The Balaban J connectivity index is 1.76. The Hall–Kier alpha value is -2.17. The zero-order chi connectivity index (χ0) is 16.7. The van der Waals surface area contributed by atoms with Gasteiger partial charge in [0.15, 0.2) is 5.78 Å². The molecule has 1 spiro atoms. The first-order valence-corrected chi connectivity index (χ1v) is 8.57. The minimum Gasteiger partial charge on any atom is -0.414 e. The molecule has 4 nitrogen and oxygen atoms in total. The number of halogens is 1. The van der Waals surface area contributed by atoms with E-state index in [0.29, 0.717) is 29.7 Å². The molecule has 1 aromatic carbocycles. The fourth-order valence-electron chi connectivity index (χ4n) is 4.43. The highest BCUT2D eigenvalue weighted by Gasteiger charge is 2.46. The van der Waals surface area contributed by atoms with Gasteiger partial charge in [0.25, 0.3) is 0 Å². The van der Waals surface area contributed by atoms with E-state index in [2.05, 4.69) is 5.32 Å². The number of ketones is 1. The lowest BCUT2D eigenvalue weighted by atomic mass is 9.64. The van der Waals surface area contributed by atoms with Gasteiger partial charge in [-0.2, -0.15) is 0 Å². The average Bonchev–Trinajstić information content (AvgIpc) is 2.54. The van der Waals surface area contributed by atoms with Crippen LogP contribution in [-0.4, -0.2) is 11.9 Å². The average molecular weight is 329 g/mol. The van der Waals surface area contributed by atoms with Gasteiger partial charge in [0.05, 0.1) is 11.6 Å². The van der Waals surface area contributed by atoms with Gasteiger partial charge >= 0.3 is 6.09 Å². The third-order valence-corrected chi connectivity index (χ3v) is 5.57. The zero-order valence-corrected chi connectivity index (χ0v) is 13.4. The zero-order valence-electron chi connectivity index (χ0n) is 13.4. The van der Waals surface area contributed by atoms with Gasteiger partial charge in [-0.3, -0.25) is 4.79 Å². The van der Waals surface area contributed by atoms with E-state index < -0.39 is 18.0 Å². The van der Waals surface area contributed by atoms with Crippen LogP contribution in [0.2, 0.25) is 0 Å². The second-order valence-corrected chi connectivity index (χ2v) is 7.16. The van der Waals surface area contributed by atoms with Crippen molar-refractivity contribution in [3.63, 3.8) is 0 Å². The van der Waals surface area contributed by atoms with E-state index in [4.69, 9.17) is 4.74 Å². The molecule has 1 saturated carbocycles. The fraction of sp³-hybridized carbons (Fsp3) is 0.474. The summed E-state index contributed by atoms with van der Waals surface area (Å²) in [6.07, 6.45) is 5.86. The first-order chi connectivity index (χ1) is 11.6. The van der Waals surface area contributed by atoms with Crippen LogP contribution in [0.15, 0.2) is 35.6 Å². The maximum atomic E-state index is 14.2. The molecule has 1 unspecified atom stereocenters. The molecule has 0 radical (unpaired) electrons. The van der Waals surface area contributed by atoms with Gasteiger partial charge in [0.2, 0.25) is 0 Å². The molecule has 0 bridgehead atoms. The standard InChI is InChI=1S/C19H20FNO3/c20-13-7-3-2-6-12(13)17-16-14(22)10-19(8-4-1-5-9-19)11-15(16)24-18(23)21-17/h2-3,6-7,17H,1,4-5,8-11H2,(H,21,23). The highest BCUT2D eigenvalue weighted by Crippen LogP contribution is 2.50. The summed E-state index contributed by atoms with van der Waals surface area (Å²) in [5, 5.41) is 2.61. The Kier molecular flexibility index (Phi) is 3.66. The summed E-state index contributed by atoms with van der Waals surface area (Å²) in [6.45, 7) is 0. The van der Waals surface area contributed by atoms with Crippen LogP contribution in [0.25, 0.3) is 0 Å². The Morgan fingerprint density at radius 1 is 1.08 bits per heavy atom. The Morgan fingerprint density at radius 2 is 1.83 bits per heavy atom. The number of amides is 1. The molecule has 3 aliphatic rings. The molecule has 1 aromatic rings. The van der Waals surface area contributed by atoms with Gasteiger partial charge in [0.1, 0.15) is 11.6 Å². The number of allylic oxidation sites excluding steroid dienone is 1. The molecule has 5 heteroatoms. The Labute approximate surface area is 140 Å². The topological polar surface area (TPSA) is 55.4 Å². The number of hydrogen-bond donors (Lipinski definition) is 1. The highest BCUT2D eigenvalue weighted by atomic mass is 19.1. The highest BCUT2D eigenvalue weighted by molar-refractivity contribution is 6.00. The van der Waals surface area contributed by atoms with Gasteiger partial charge in [-0.05, 0) is 24.3 Å². The molecule has 1 heterocycles. The first-order valence-electron chi connectivity index (χ1n) is 8.57. The number of hydrogen-bond acceptors (Lipinski definition) is 3. The van der Waals surface area contributed by atoms with Gasteiger partial charge in [0, 0.05) is 18.4 Å². The van der Waals surface area contributed by atoms with Crippen molar-refractivity contribution in [3.05, 3.63) is 47.0 Å². The van der Waals surface area contributed by atoms with Crippen molar-refractivity contribution in [2.75, 3.05) is 0 Å². The molecule has 2 aliphatic carbocycles. The van der Waals surface area contributed by atoms with Gasteiger partial charge in [-0.1, -0.05) is 37.5 Å². The van der Waals surface area contributed by atoms with E-state index in [1.165, 1.54) is 12.5 Å². The predicted molar refractivity (Wildman–Crippen MR) is 85.5 cm³/mol. The Morgan fingerprint density at radius 3 is 2.58 bits per heavy atom. The number of rotatable bonds is 1. The maximum Gasteiger partial charge on any atom is 0.413 e. The second-order valence-electron chi connectivity index (χ2n) is 7.16. The van der Waals surface area contributed by atoms with Crippen molar-refractivity contribution in [1.29, 1.82) is 0 Å². The van der Waals surface area contributed by atoms with Crippen LogP contribution in [0.5, 0.6) is 0 Å². The third-order valence-electron chi connectivity index (χ3n) is 5.57. The molecule has 24 heavy (non-hydrogen) atoms. The molecule has 1 aliphatic heterocycles. The van der Waals surface area contributed by atoms with Crippen molar-refractivity contribution < 1.29 is 18.7 Å². The van der Waals surface area contributed by atoms with Gasteiger partial charge in [-0.25, -0.2) is 9.18 Å². The minimum absolute atomic E-state index is 0.0218. The summed E-state index contributed by atoms with van der Waals surface area (Å²) >= 11 is 0. The molecule has 126 valence electrons. The molecule has 1 N–H and O–H groups in total. The summed E-state index contributed by atoms with van der Waals surface area (Å²) in [6, 6.07) is 5.49. The first kappa shape index (κ1) is 15.4. The van der Waals surface area contributed by atoms with E-state index in [0.717, 1.165) is 25.7 Å². The lowest BCUT2D eigenvalue weighted by Crippen LogP contribution is -2.43. The predicted octanol–water partition coefficient (Wildman–Crippen LogP) is 4.17. The molecule has 1 atom stereocenters. The molecule has 0 saturated heterocycles. The van der Waals surface area contributed by atoms with E-state index in [-0.39, 0.29) is 11.2 Å². The van der Waals surface area contributed by atoms with E-state index in [1.54, 1.807) is 18.2 Å². The molecule has 1 fully saturated rings. The second kappa shape index (κ2) is 5.72. The van der Waals surface area contributed by atoms with Crippen LogP contribution in [-0.2, 0) is 9.53 Å². The fourth-order valence-corrected chi connectivity index (χ4v) is 4.43. The van der Waals surface area contributed by atoms with Crippen molar-refractivity contribution >= 4 is 11.9 Å². The van der Waals surface area contributed by atoms with Crippen molar-refractivity contribution in [1.82, 2.24) is 5.32 Å². The van der Waals surface area contributed by atoms with Gasteiger partial charge < -0.3 is 10.1 Å².